The summed E-state index contributed by atoms with van der Waals surface area (Å²) in [5, 5.41) is 6.47. The van der Waals surface area contributed by atoms with Gasteiger partial charge in [0.15, 0.2) is 5.96 Å². The minimum atomic E-state index is 0. The van der Waals surface area contributed by atoms with E-state index in [1.165, 1.54) is 5.56 Å². The van der Waals surface area contributed by atoms with Gasteiger partial charge in [0, 0.05) is 26.7 Å². The molecule has 0 saturated carbocycles. The zero-order chi connectivity index (χ0) is 14.8. The van der Waals surface area contributed by atoms with Crippen molar-refractivity contribution in [2.24, 2.45) is 4.99 Å². The van der Waals surface area contributed by atoms with Crippen LogP contribution < -0.4 is 15.4 Å². The summed E-state index contributed by atoms with van der Waals surface area (Å²) in [6.07, 6.45) is 0. The predicted molar refractivity (Wildman–Crippen MR) is 97.8 cm³/mol. The maximum atomic E-state index is 5.27. The molecule has 0 saturated heterocycles. The van der Waals surface area contributed by atoms with Gasteiger partial charge in [-0.05, 0) is 31.0 Å². The number of hydrogen-bond donors (Lipinski definition) is 2. The Morgan fingerprint density at radius 3 is 2.62 bits per heavy atom. The minimum absolute atomic E-state index is 0. The molecule has 1 aromatic rings. The Morgan fingerprint density at radius 1 is 1.29 bits per heavy atom. The maximum Gasteiger partial charge on any atom is 0.191 e. The number of benzene rings is 1. The highest BCUT2D eigenvalue weighted by Crippen LogP contribution is 2.18. The van der Waals surface area contributed by atoms with E-state index in [0.717, 1.165) is 37.0 Å². The third-order valence-corrected chi connectivity index (χ3v) is 2.89. The third kappa shape index (κ3) is 7.52. The topological polar surface area (TPSA) is 54.9 Å². The van der Waals surface area contributed by atoms with Crippen molar-refractivity contribution < 1.29 is 9.47 Å². The van der Waals surface area contributed by atoms with E-state index in [-0.39, 0.29) is 24.0 Å². The van der Waals surface area contributed by atoms with Crippen molar-refractivity contribution in [2.45, 2.75) is 20.4 Å². The molecule has 1 aromatic carbocycles. The first-order chi connectivity index (χ1) is 9.71. The zero-order valence-electron chi connectivity index (χ0n) is 13.2. The summed E-state index contributed by atoms with van der Waals surface area (Å²) in [4.78, 5) is 4.17. The van der Waals surface area contributed by atoms with Crippen LogP contribution in [0, 0.1) is 6.92 Å². The molecular formula is C15H26IN3O2. The van der Waals surface area contributed by atoms with E-state index in [9.17, 15) is 0 Å². The number of aliphatic imine (C=N–C) groups is 1. The van der Waals surface area contributed by atoms with Crippen molar-refractivity contribution >= 4 is 29.9 Å². The smallest absolute Gasteiger partial charge is 0.191 e. The molecule has 21 heavy (non-hydrogen) atoms. The zero-order valence-corrected chi connectivity index (χ0v) is 15.6. The summed E-state index contributed by atoms with van der Waals surface area (Å²) in [5.74, 6) is 1.69. The summed E-state index contributed by atoms with van der Waals surface area (Å²) >= 11 is 0. The van der Waals surface area contributed by atoms with Crippen LogP contribution in [-0.2, 0) is 11.3 Å². The van der Waals surface area contributed by atoms with Crippen LogP contribution in [0.1, 0.15) is 18.1 Å². The van der Waals surface area contributed by atoms with Crippen molar-refractivity contribution in [3.05, 3.63) is 29.3 Å². The highest BCUT2D eigenvalue weighted by molar-refractivity contribution is 14.0. The quantitative estimate of drug-likeness (QED) is 0.315. The molecule has 0 fully saturated rings. The molecule has 0 heterocycles. The molecule has 0 aliphatic rings. The van der Waals surface area contributed by atoms with Crippen LogP contribution in [0.2, 0.25) is 0 Å². The third-order valence-electron chi connectivity index (χ3n) is 2.89. The number of nitrogens with zero attached hydrogens (tertiary/aromatic N) is 1. The molecule has 6 heteroatoms. The van der Waals surface area contributed by atoms with Crippen LogP contribution in [0.3, 0.4) is 0 Å². The van der Waals surface area contributed by atoms with Crippen molar-refractivity contribution in [3.8, 4) is 5.75 Å². The molecule has 0 radical (unpaired) electrons. The monoisotopic (exact) mass is 407 g/mol. The van der Waals surface area contributed by atoms with Crippen LogP contribution in [0.4, 0.5) is 0 Å². The number of nitrogens with one attached hydrogen (secondary N) is 2. The van der Waals surface area contributed by atoms with Gasteiger partial charge in [-0.2, -0.15) is 0 Å². The van der Waals surface area contributed by atoms with Gasteiger partial charge >= 0.3 is 0 Å². The Balaban J connectivity index is 0.00000400. The fourth-order valence-corrected chi connectivity index (χ4v) is 1.84. The average molecular weight is 407 g/mol. The van der Waals surface area contributed by atoms with E-state index < -0.39 is 0 Å². The minimum Gasteiger partial charge on any atom is -0.496 e. The van der Waals surface area contributed by atoms with Crippen molar-refractivity contribution in [1.82, 2.24) is 10.6 Å². The van der Waals surface area contributed by atoms with Gasteiger partial charge in [-0.1, -0.05) is 12.1 Å². The van der Waals surface area contributed by atoms with E-state index in [0.29, 0.717) is 6.61 Å². The highest BCUT2D eigenvalue weighted by Gasteiger charge is 2.01. The van der Waals surface area contributed by atoms with E-state index in [4.69, 9.17) is 9.47 Å². The molecule has 5 nitrogen and oxygen atoms in total. The molecule has 0 unspecified atom stereocenters. The van der Waals surface area contributed by atoms with Gasteiger partial charge in [0.2, 0.25) is 0 Å². The lowest BCUT2D eigenvalue weighted by molar-refractivity contribution is 0.152. The fourth-order valence-electron chi connectivity index (χ4n) is 1.84. The summed E-state index contributed by atoms with van der Waals surface area (Å²) in [6.45, 7) is 6.91. The molecule has 0 amide bonds. The molecule has 0 spiro atoms. The maximum absolute atomic E-state index is 5.27. The molecular weight excluding hydrogens is 381 g/mol. The Hall–Kier alpha value is -1.02. The Labute approximate surface area is 144 Å². The van der Waals surface area contributed by atoms with Crippen LogP contribution in [0.25, 0.3) is 0 Å². The number of methoxy groups -OCH3 is 1. The van der Waals surface area contributed by atoms with Gasteiger partial charge in [0.25, 0.3) is 0 Å². The summed E-state index contributed by atoms with van der Waals surface area (Å²) in [6, 6.07) is 6.14. The van der Waals surface area contributed by atoms with Gasteiger partial charge in [0.05, 0.1) is 13.7 Å². The average Bonchev–Trinajstić information content (AvgIpc) is 2.46. The number of halogens is 1. The van der Waals surface area contributed by atoms with Gasteiger partial charge in [0.1, 0.15) is 5.75 Å². The van der Waals surface area contributed by atoms with Crippen LogP contribution in [0.15, 0.2) is 23.2 Å². The molecule has 0 aromatic heterocycles. The first-order valence-electron chi connectivity index (χ1n) is 6.87. The number of hydrogen-bond acceptors (Lipinski definition) is 3. The largest absolute Gasteiger partial charge is 0.496 e. The second kappa shape index (κ2) is 11.6. The number of ether oxygens (including phenoxy) is 2. The molecule has 120 valence electrons. The lowest BCUT2D eigenvalue weighted by atomic mass is 10.1. The van der Waals surface area contributed by atoms with Gasteiger partial charge in [-0.15, -0.1) is 24.0 Å². The van der Waals surface area contributed by atoms with Crippen molar-refractivity contribution in [2.75, 3.05) is 33.9 Å². The predicted octanol–water partition coefficient (Wildman–Crippen LogP) is 2.32. The molecule has 0 atom stereocenters. The normalized spacial score (nSPS) is 10.8. The fraction of sp³-hybridized carbons (Fsp3) is 0.533. The number of rotatable bonds is 7. The Morgan fingerprint density at radius 2 is 2.05 bits per heavy atom. The van der Waals surface area contributed by atoms with Crippen molar-refractivity contribution in [1.29, 1.82) is 0 Å². The van der Waals surface area contributed by atoms with E-state index in [1.807, 2.05) is 26.0 Å². The number of guanidine groups is 1. The number of aryl methyl sites for hydroxylation is 1. The van der Waals surface area contributed by atoms with Gasteiger partial charge < -0.3 is 20.1 Å². The summed E-state index contributed by atoms with van der Waals surface area (Å²) < 4.78 is 10.5. The summed E-state index contributed by atoms with van der Waals surface area (Å²) in [5.41, 5.74) is 2.32. The second-order valence-electron chi connectivity index (χ2n) is 4.35. The SMILES string of the molecule is CCOCCNC(=NC)NCc1ccc(OC)c(C)c1.I. The second-order valence-corrected chi connectivity index (χ2v) is 4.35. The Bertz CT molecular complexity index is 439. The molecule has 0 aliphatic carbocycles. The van der Waals surface area contributed by atoms with E-state index >= 15 is 0 Å². The van der Waals surface area contributed by atoms with Gasteiger partial charge in [-0.25, -0.2) is 0 Å². The summed E-state index contributed by atoms with van der Waals surface area (Å²) in [7, 11) is 3.44. The Kier molecular flexibility index (Phi) is 11.1. The van der Waals surface area contributed by atoms with Crippen LogP contribution >= 0.6 is 24.0 Å². The lowest BCUT2D eigenvalue weighted by Gasteiger charge is -2.13. The standard InChI is InChI=1S/C15H25N3O2.HI/c1-5-20-9-8-17-15(16-3)18-11-13-6-7-14(19-4)12(2)10-13;/h6-7,10H,5,8-9,11H2,1-4H3,(H2,16,17,18);1H. The molecule has 2 N–H and O–H groups in total. The van der Waals surface area contributed by atoms with Gasteiger partial charge in [-0.3, -0.25) is 4.99 Å². The molecule has 0 bridgehead atoms. The van der Waals surface area contributed by atoms with Crippen LogP contribution in [-0.4, -0.2) is 39.9 Å². The van der Waals surface area contributed by atoms with E-state index in [1.54, 1.807) is 14.2 Å². The first-order valence-corrected chi connectivity index (χ1v) is 6.87. The first kappa shape index (κ1) is 20.0. The molecule has 1 rings (SSSR count). The van der Waals surface area contributed by atoms with E-state index in [2.05, 4.69) is 21.7 Å². The lowest BCUT2D eigenvalue weighted by Crippen LogP contribution is -2.38. The van der Waals surface area contributed by atoms with Crippen molar-refractivity contribution in [3.63, 3.8) is 0 Å². The van der Waals surface area contributed by atoms with Crippen LogP contribution in [0.5, 0.6) is 5.75 Å². The highest BCUT2D eigenvalue weighted by atomic mass is 127. The molecule has 0 aliphatic heterocycles.